The van der Waals surface area contributed by atoms with Gasteiger partial charge in [-0.2, -0.15) is 0 Å². The van der Waals surface area contributed by atoms with Gasteiger partial charge in [0, 0.05) is 17.8 Å². The molecule has 0 aliphatic rings. The molecule has 0 saturated heterocycles. The minimum Gasteiger partial charge on any atom is -0.381 e. The summed E-state index contributed by atoms with van der Waals surface area (Å²) >= 11 is 1.56. The van der Waals surface area contributed by atoms with Crippen molar-refractivity contribution in [2.45, 2.75) is 19.9 Å². The molecular weight excluding hydrogens is 524 g/mol. The van der Waals surface area contributed by atoms with Crippen LogP contribution in [0.1, 0.15) is 45.4 Å². The van der Waals surface area contributed by atoms with Crippen LogP contribution in [0, 0.1) is 6.92 Å². The lowest BCUT2D eigenvalue weighted by Gasteiger charge is -2.20. The molecule has 4 heterocycles. The molecule has 10 nitrogen and oxygen atoms in total. The highest BCUT2D eigenvalue weighted by atomic mass is 32.1. The number of para-hydroxylation sites is 1. The normalized spacial score (nSPS) is 12.3. The number of benzene rings is 2. The van der Waals surface area contributed by atoms with Crippen molar-refractivity contribution in [3.63, 3.8) is 0 Å². The number of fused-ring (bicyclic) bond motifs is 2. The van der Waals surface area contributed by atoms with Gasteiger partial charge >= 0.3 is 0 Å². The zero-order chi connectivity index (χ0) is 27.8. The van der Waals surface area contributed by atoms with E-state index in [-0.39, 0.29) is 16.9 Å². The lowest BCUT2D eigenvalue weighted by molar-refractivity contribution is 0.0940. The number of nitrogens with zero attached hydrogens (tertiary/aromatic N) is 6. The van der Waals surface area contributed by atoms with E-state index in [1.165, 1.54) is 9.08 Å². The van der Waals surface area contributed by atoms with Crippen LogP contribution in [0.15, 0.2) is 77.2 Å². The van der Waals surface area contributed by atoms with Crippen LogP contribution < -0.4 is 16.6 Å². The SMILES string of the molecule is Cc1nc(/C=C/c2cccc3nc([C@H](C)NC(=O)c4c(N)nn5cccnc45)n(-c4ccccc4)c(=O)c23)cs1. The Labute approximate surface area is 232 Å². The van der Waals surface area contributed by atoms with Crippen molar-refractivity contribution in [3.8, 4) is 5.69 Å². The standard InChI is InChI=1S/C29H24N8O2S/c1-17(32-28(38)24-25(30)35-36-15-7-14-31-27(24)36)26-34-22-11-6-8-19(12-13-20-16-40-18(2)33-20)23(22)29(39)37(26)21-9-4-3-5-10-21/h3-17H,1-2H3,(H2,30,35)(H,32,38)/b13-12+/t17-/m0/s1. The fraction of sp³-hybridized carbons (Fsp3) is 0.103. The lowest BCUT2D eigenvalue weighted by atomic mass is 10.1. The molecule has 2 aromatic carbocycles. The minimum absolute atomic E-state index is 0.0575. The number of carbonyl (C=O) groups is 1. The Hall–Kier alpha value is -5.16. The lowest BCUT2D eigenvalue weighted by Crippen LogP contribution is -2.33. The van der Waals surface area contributed by atoms with Crippen LogP contribution >= 0.6 is 11.3 Å². The van der Waals surface area contributed by atoms with Crippen molar-refractivity contribution in [1.82, 2.24) is 34.4 Å². The number of thiazole rings is 1. The van der Waals surface area contributed by atoms with Crippen LogP contribution in [0.5, 0.6) is 0 Å². The van der Waals surface area contributed by atoms with E-state index in [2.05, 4.69) is 20.4 Å². The number of anilines is 1. The predicted octanol–water partition coefficient (Wildman–Crippen LogP) is 4.44. The summed E-state index contributed by atoms with van der Waals surface area (Å²) in [6.07, 6.45) is 6.99. The average molecular weight is 549 g/mol. The van der Waals surface area contributed by atoms with Gasteiger partial charge in [0.1, 0.15) is 11.4 Å². The second-order valence-corrected chi connectivity index (χ2v) is 10.2. The monoisotopic (exact) mass is 548 g/mol. The van der Waals surface area contributed by atoms with E-state index in [0.29, 0.717) is 28.1 Å². The number of rotatable bonds is 6. The number of hydrogen-bond acceptors (Lipinski definition) is 8. The Morgan fingerprint density at radius 1 is 1.07 bits per heavy atom. The second-order valence-electron chi connectivity index (χ2n) is 9.16. The van der Waals surface area contributed by atoms with Gasteiger partial charge in [-0.05, 0) is 49.8 Å². The first-order chi connectivity index (χ1) is 19.4. The second kappa shape index (κ2) is 10.2. The van der Waals surface area contributed by atoms with Crippen molar-refractivity contribution >= 4 is 51.8 Å². The zero-order valence-corrected chi connectivity index (χ0v) is 22.5. The number of carbonyl (C=O) groups excluding carboxylic acids is 1. The van der Waals surface area contributed by atoms with Gasteiger partial charge in [0.25, 0.3) is 11.5 Å². The van der Waals surface area contributed by atoms with Crippen molar-refractivity contribution < 1.29 is 4.79 Å². The third-order valence-electron chi connectivity index (χ3n) is 6.42. The number of nitrogens with two attached hydrogens (primary N) is 1. The maximum Gasteiger partial charge on any atom is 0.266 e. The molecule has 0 radical (unpaired) electrons. The highest BCUT2D eigenvalue weighted by molar-refractivity contribution is 7.09. The number of amides is 1. The molecule has 11 heteroatoms. The third-order valence-corrected chi connectivity index (χ3v) is 7.22. The quantitative estimate of drug-likeness (QED) is 0.314. The third kappa shape index (κ3) is 4.52. The van der Waals surface area contributed by atoms with Gasteiger partial charge < -0.3 is 11.1 Å². The molecule has 6 aromatic rings. The smallest absolute Gasteiger partial charge is 0.266 e. The van der Waals surface area contributed by atoms with E-state index in [4.69, 9.17) is 10.7 Å². The van der Waals surface area contributed by atoms with E-state index in [0.717, 1.165) is 16.3 Å². The molecule has 0 bridgehead atoms. The van der Waals surface area contributed by atoms with E-state index in [1.54, 1.807) is 42.8 Å². The fourth-order valence-corrected chi connectivity index (χ4v) is 5.20. The Kier molecular flexibility index (Phi) is 6.40. The van der Waals surface area contributed by atoms with Crippen molar-refractivity contribution in [1.29, 1.82) is 0 Å². The van der Waals surface area contributed by atoms with Gasteiger partial charge in [0.2, 0.25) is 0 Å². The first kappa shape index (κ1) is 25.1. The molecule has 1 atom stereocenters. The Morgan fingerprint density at radius 3 is 2.67 bits per heavy atom. The molecule has 0 fully saturated rings. The molecular formula is C29H24N8O2S. The van der Waals surface area contributed by atoms with Crippen molar-refractivity contribution in [2.24, 2.45) is 0 Å². The van der Waals surface area contributed by atoms with Crippen LogP contribution in [0.4, 0.5) is 5.82 Å². The summed E-state index contributed by atoms with van der Waals surface area (Å²) in [6, 6.07) is 15.8. The summed E-state index contributed by atoms with van der Waals surface area (Å²) in [5, 5.41) is 10.5. The van der Waals surface area contributed by atoms with E-state index >= 15 is 0 Å². The highest BCUT2D eigenvalue weighted by Crippen LogP contribution is 2.23. The number of nitrogen functional groups attached to an aromatic ring is 1. The average Bonchev–Trinajstić information content (AvgIpc) is 3.53. The summed E-state index contributed by atoms with van der Waals surface area (Å²) in [4.78, 5) is 41.2. The van der Waals surface area contributed by atoms with Crippen LogP contribution in [0.3, 0.4) is 0 Å². The molecule has 198 valence electrons. The number of hydrogen-bond donors (Lipinski definition) is 2. The molecule has 1 amide bonds. The minimum atomic E-state index is -0.667. The summed E-state index contributed by atoms with van der Waals surface area (Å²) in [7, 11) is 0. The Morgan fingerprint density at radius 2 is 1.90 bits per heavy atom. The first-order valence-electron chi connectivity index (χ1n) is 12.5. The van der Waals surface area contributed by atoms with Gasteiger partial charge in [-0.3, -0.25) is 14.2 Å². The number of nitrogens with one attached hydrogen (secondary N) is 1. The predicted molar refractivity (Wildman–Crippen MR) is 156 cm³/mol. The molecule has 0 saturated carbocycles. The van der Waals surface area contributed by atoms with Gasteiger partial charge in [0.05, 0.1) is 33.3 Å². The van der Waals surface area contributed by atoms with Crippen LogP contribution in [0.25, 0.3) is 34.4 Å². The van der Waals surface area contributed by atoms with E-state index < -0.39 is 11.9 Å². The summed E-state index contributed by atoms with van der Waals surface area (Å²) in [6.45, 7) is 3.72. The number of aromatic nitrogens is 6. The highest BCUT2D eigenvalue weighted by Gasteiger charge is 2.24. The maximum atomic E-state index is 14.2. The van der Waals surface area contributed by atoms with Gasteiger partial charge in [-0.15, -0.1) is 16.4 Å². The molecule has 0 aliphatic heterocycles. The largest absolute Gasteiger partial charge is 0.381 e. The Balaban J connectivity index is 1.46. The van der Waals surface area contributed by atoms with Crippen LogP contribution in [0.2, 0.25) is 0 Å². The van der Waals surface area contributed by atoms with Crippen LogP contribution in [-0.4, -0.2) is 35.0 Å². The molecule has 4 aromatic heterocycles. The van der Waals surface area contributed by atoms with Crippen molar-refractivity contribution in [2.75, 3.05) is 5.73 Å². The molecule has 0 spiro atoms. The summed E-state index contributed by atoms with van der Waals surface area (Å²) in [5.74, 6) is -0.0405. The summed E-state index contributed by atoms with van der Waals surface area (Å²) < 4.78 is 2.99. The molecule has 6 rings (SSSR count). The molecule has 40 heavy (non-hydrogen) atoms. The van der Waals surface area contributed by atoms with Gasteiger partial charge in [0.15, 0.2) is 11.5 Å². The van der Waals surface area contributed by atoms with Gasteiger partial charge in [-0.25, -0.2) is 19.5 Å². The maximum absolute atomic E-state index is 14.2. The van der Waals surface area contributed by atoms with E-state index in [1.807, 2.05) is 66.9 Å². The topological polar surface area (TPSA) is 133 Å². The molecule has 0 aliphatic carbocycles. The molecule has 3 N–H and O–H groups in total. The zero-order valence-electron chi connectivity index (χ0n) is 21.6. The van der Waals surface area contributed by atoms with Gasteiger partial charge in [-0.1, -0.05) is 36.4 Å². The molecule has 0 unspecified atom stereocenters. The summed E-state index contributed by atoms with van der Waals surface area (Å²) in [5.41, 5.74) is 9.00. The van der Waals surface area contributed by atoms with Crippen LogP contribution in [-0.2, 0) is 0 Å². The first-order valence-corrected chi connectivity index (χ1v) is 13.4. The number of aryl methyl sites for hydroxylation is 1. The van der Waals surface area contributed by atoms with Crippen molar-refractivity contribution in [3.05, 3.63) is 110 Å². The fourth-order valence-electron chi connectivity index (χ4n) is 4.62. The van der Waals surface area contributed by atoms with E-state index in [9.17, 15) is 9.59 Å². The Bertz CT molecular complexity index is 1970.